The maximum Gasteiger partial charge on any atom is 0.259 e. The van der Waals surface area contributed by atoms with Crippen LogP contribution >= 0.6 is 11.6 Å². The molecule has 2 N–H and O–H groups in total. The van der Waals surface area contributed by atoms with Crippen molar-refractivity contribution in [3.63, 3.8) is 0 Å². The fourth-order valence-electron chi connectivity index (χ4n) is 1.56. The van der Waals surface area contributed by atoms with Crippen molar-refractivity contribution in [3.8, 4) is 23.0 Å². The minimum Gasteiger partial charge on any atom is -0.399 e. The lowest BCUT2D eigenvalue weighted by atomic mass is 10.2. The maximum absolute atomic E-state index is 6.07. The van der Waals surface area contributed by atoms with Crippen molar-refractivity contribution in [2.24, 2.45) is 0 Å². The molecular weight excluding hydrogens is 266 g/mol. The van der Waals surface area contributed by atoms with Crippen LogP contribution in [0, 0.1) is 0 Å². The first-order valence-corrected chi connectivity index (χ1v) is 5.77. The second-order valence-corrected chi connectivity index (χ2v) is 4.16. The standard InChI is InChI=1S/C12H8ClN5O/c13-9-2-1-7(14)5-8(9)12-17-11(18-19-12)10-6-15-3-4-16-10/h1-6H,14H2. The van der Waals surface area contributed by atoms with E-state index >= 15 is 0 Å². The van der Waals surface area contributed by atoms with Crippen molar-refractivity contribution in [1.29, 1.82) is 0 Å². The van der Waals surface area contributed by atoms with Gasteiger partial charge in [0, 0.05) is 18.1 Å². The van der Waals surface area contributed by atoms with Crippen LogP contribution in [-0.2, 0) is 0 Å². The molecule has 3 aromatic rings. The van der Waals surface area contributed by atoms with Crippen molar-refractivity contribution < 1.29 is 4.52 Å². The van der Waals surface area contributed by atoms with Crippen LogP contribution in [0.1, 0.15) is 0 Å². The molecule has 0 saturated heterocycles. The molecule has 0 aliphatic heterocycles. The SMILES string of the molecule is Nc1ccc(Cl)c(-c2nc(-c3cnccn3)no2)c1. The molecule has 3 rings (SSSR count). The summed E-state index contributed by atoms with van der Waals surface area (Å²) >= 11 is 6.07. The smallest absolute Gasteiger partial charge is 0.259 e. The summed E-state index contributed by atoms with van der Waals surface area (Å²) in [7, 11) is 0. The zero-order chi connectivity index (χ0) is 13.2. The third-order valence-corrected chi connectivity index (χ3v) is 2.77. The van der Waals surface area contributed by atoms with Gasteiger partial charge in [0.2, 0.25) is 5.82 Å². The minimum atomic E-state index is 0.290. The number of benzene rings is 1. The van der Waals surface area contributed by atoms with Crippen LogP contribution in [-0.4, -0.2) is 20.1 Å². The number of nitrogens with zero attached hydrogens (tertiary/aromatic N) is 4. The van der Waals surface area contributed by atoms with Crippen LogP contribution in [0.15, 0.2) is 41.3 Å². The summed E-state index contributed by atoms with van der Waals surface area (Å²) in [5.74, 6) is 0.638. The van der Waals surface area contributed by atoms with Crippen molar-refractivity contribution >= 4 is 17.3 Å². The van der Waals surface area contributed by atoms with E-state index in [0.29, 0.717) is 27.8 Å². The molecule has 0 saturated carbocycles. The van der Waals surface area contributed by atoms with E-state index < -0.39 is 0 Å². The topological polar surface area (TPSA) is 90.7 Å². The molecule has 2 heterocycles. The third-order valence-electron chi connectivity index (χ3n) is 2.44. The molecule has 0 amide bonds. The summed E-state index contributed by atoms with van der Waals surface area (Å²) in [6.07, 6.45) is 4.67. The van der Waals surface area contributed by atoms with E-state index in [1.807, 2.05) is 0 Å². The summed E-state index contributed by atoms with van der Waals surface area (Å²) in [5.41, 5.74) is 7.39. The monoisotopic (exact) mass is 273 g/mol. The van der Waals surface area contributed by atoms with Gasteiger partial charge in [-0.3, -0.25) is 4.98 Å². The Balaban J connectivity index is 2.04. The summed E-state index contributed by atoms with van der Waals surface area (Å²) in [4.78, 5) is 12.3. The van der Waals surface area contributed by atoms with Crippen LogP contribution in [0.2, 0.25) is 5.02 Å². The van der Waals surface area contributed by atoms with Gasteiger partial charge < -0.3 is 10.3 Å². The lowest BCUT2D eigenvalue weighted by molar-refractivity contribution is 0.432. The van der Waals surface area contributed by atoms with E-state index in [4.69, 9.17) is 21.9 Å². The van der Waals surface area contributed by atoms with E-state index in [0.717, 1.165) is 0 Å². The summed E-state index contributed by atoms with van der Waals surface area (Å²) in [6.45, 7) is 0. The number of nitrogens with two attached hydrogens (primary N) is 1. The minimum absolute atomic E-state index is 0.290. The second kappa shape index (κ2) is 4.66. The third kappa shape index (κ3) is 2.25. The number of anilines is 1. The molecular formula is C12H8ClN5O. The fraction of sp³-hybridized carbons (Fsp3) is 0. The molecule has 1 aromatic carbocycles. The first kappa shape index (κ1) is 11.6. The first-order chi connectivity index (χ1) is 9.24. The quantitative estimate of drug-likeness (QED) is 0.721. The van der Waals surface area contributed by atoms with E-state index in [1.165, 1.54) is 0 Å². The van der Waals surface area contributed by atoms with Crippen molar-refractivity contribution in [1.82, 2.24) is 20.1 Å². The van der Waals surface area contributed by atoms with Crippen molar-refractivity contribution in [2.45, 2.75) is 0 Å². The Labute approximate surface area is 113 Å². The normalized spacial score (nSPS) is 10.6. The highest BCUT2D eigenvalue weighted by molar-refractivity contribution is 6.33. The van der Waals surface area contributed by atoms with Crippen LogP contribution in [0.5, 0.6) is 0 Å². The Hall–Kier alpha value is -2.47. The average molecular weight is 274 g/mol. The Kier molecular flexibility index (Phi) is 2.85. The van der Waals surface area contributed by atoms with Gasteiger partial charge in [-0.15, -0.1) is 0 Å². The highest BCUT2D eigenvalue weighted by Crippen LogP contribution is 2.29. The van der Waals surface area contributed by atoms with Gasteiger partial charge in [-0.2, -0.15) is 4.98 Å². The number of aromatic nitrogens is 4. The van der Waals surface area contributed by atoms with Crippen LogP contribution in [0.4, 0.5) is 5.69 Å². The van der Waals surface area contributed by atoms with Gasteiger partial charge in [-0.05, 0) is 18.2 Å². The molecule has 0 aliphatic carbocycles. The Morgan fingerprint density at radius 2 is 2.11 bits per heavy atom. The van der Waals surface area contributed by atoms with E-state index in [1.54, 1.807) is 36.8 Å². The Bertz CT molecular complexity index is 713. The van der Waals surface area contributed by atoms with Crippen molar-refractivity contribution in [3.05, 3.63) is 41.8 Å². The van der Waals surface area contributed by atoms with Crippen LogP contribution in [0.3, 0.4) is 0 Å². The highest BCUT2D eigenvalue weighted by atomic mass is 35.5. The first-order valence-electron chi connectivity index (χ1n) is 5.39. The molecule has 0 spiro atoms. The Morgan fingerprint density at radius 3 is 2.89 bits per heavy atom. The number of hydrogen-bond donors (Lipinski definition) is 1. The lowest BCUT2D eigenvalue weighted by Gasteiger charge is -1.99. The second-order valence-electron chi connectivity index (χ2n) is 3.75. The van der Waals surface area contributed by atoms with Gasteiger partial charge >= 0.3 is 0 Å². The van der Waals surface area contributed by atoms with Gasteiger partial charge in [0.25, 0.3) is 5.89 Å². The molecule has 0 aliphatic rings. The molecule has 0 atom stereocenters. The summed E-state index contributed by atoms with van der Waals surface area (Å²) in [6, 6.07) is 5.06. The van der Waals surface area contributed by atoms with E-state index in [-0.39, 0.29) is 5.89 Å². The summed E-state index contributed by atoms with van der Waals surface area (Å²) in [5, 5.41) is 4.33. The number of hydrogen-bond acceptors (Lipinski definition) is 6. The molecule has 7 heteroatoms. The zero-order valence-electron chi connectivity index (χ0n) is 9.62. The largest absolute Gasteiger partial charge is 0.399 e. The molecule has 6 nitrogen and oxygen atoms in total. The predicted octanol–water partition coefficient (Wildman–Crippen LogP) is 2.43. The van der Waals surface area contributed by atoms with Gasteiger partial charge in [0.1, 0.15) is 5.69 Å². The maximum atomic E-state index is 6.07. The molecule has 0 unspecified atom stereocenters. The van der Waals surface area contributed by atoms with Crippen LogP contribution in [0.25, 0.3) is 23.0 Å². The molecule has 19 heavy (non-hydrogen) atoms. The predicted molar refractivity (Wildman–Crippen MR) is 70.2 cm³/mol. The van der Waals surface area contributed by atoms with Crippen LogP contribution < -0.4 is 5.73 Å². The molecule has 0 fully saturated rings. The van der Waals surface area contributed by atoms with Gasteiger partial charge in [0.15, 0.2) is 0 Å². The number of nitrogen functional groups attached to an aromatic ring is 1. The fourth-order valence-corrected chi connectivity index (χ4v) is 1.76. The van der Waals surface area contributed by atoms with Gasteiger partial charge in [0.05, 0.1) is 16.8 Å². The van der Waals surface area contributed by atoms with Crippen molar-refractivity contribution in [2.75, 3.05) is 5.73 Å². The number of halogens is 1. The molecule has 0 bridgehead atoms. The van der Waals surface area contributed by atoms with E-state index in [2.05, 4.69) is 20.1 Å². The average Bonchev–Trinajstić information content (AvgIpc) is 2.92. The van der Waals surface area contributed by atoms with Gasteiger partial charge in [-0.25, -0.2) is 4.98 Å². The zero-order valence-corrected chi connectivity index (χ0v) is 10.4. The lowest BCUT2D eigenvalue weighted by Crippen LogP contribution is -1.88. The van der Waals surface area contributed by atoms with E-state index in [9.17, 15) is 0 Å². The molecule has 2 aromatic heterocycles. The summed E-state index contributed by atoms with van der Waals surface area (Å²) < 4.78 is 5.17. The molecule has 94 valence electrons. The van der Waals surface area contributed by atoms with Gasteiger partial charge in [-0.1, -0.05) is 16.8 Å². The molecule has 0 radical (unpaired) electrons. The Morgan fingerprint density at radius 1 is 1.21 bits per heavy atom. The number of rotatable bonds is 2. The highest BCUT2D eigenvalue weighted by Gasteiger charge is 2.14.